The first-order valence-corrected chi connectivity index (χ1v) is 10.3. The monoisotopic (exact) mass is 364 g/mol. The van der Waals surface area contributed by atoms with Crippen LogP contribution < -0.4 is 10.0 Å². The molecule has 1 rings (SSSR count). The van der Waals surface area contributed by atoms with Gasteiger partial charge in [0.2, 0.25) is 15.9 Å². The van der Waals surface area contributed by atoms with Crippen LogP contribution in [0.3, 0.4) is 0 Å². The van der Waals surface area contributed by atoms with Crippen molar-refractivity contribution < 1.29 is 13.2 Å². The van der Waals surface area contributed by atoms with Crippen molar-refractivity contribution in [2.75, 3.05) is 17.8 Å². The molecular weight excluding hydrogens is 344 g/mol. The molecule has 0 fully saturated rings. The number of thioether (sulfide) groups is 1. The zero-order valence-corrected chi connectivity index (χ0v) is 15.0. The van der Waals surface area contributed by atoms with Crippen molar-refractivity contribution in [1.29, 1.82) is 0 Å². The van der Waals surface area contributed by atoms with Gasteiger partial charge in [0, 0.05) is 11.6 Å². The summed E-state index contributed by atoms with van der Waals surface area (Å²) in [5, 5.41) is 3.38. The second-order valence-corrected chi connectivity index (χ2v) is 8.16. The number of amides is 1. The van der Waals surface area contributed by atoms with Gasteiger partial charge in [-0.15, -0.1) is 0 Å². The van der Waals surface area contributed by atoms with Crippen LogP contribution in [0.1, 0.15) is 18.9 Å². The zero-order valence-electron chi connectivity index (χ0n) is 12.6. The van der Waals surface area contributed by atoms with Gasteiger partial charge in [-0.2, -0.15) is 11.8 Å². The molecule has 1 atom stereocenters. The maximum absolute atomic E-state index is 12.2. The third-order valence-corrected chi connectivity index (χ3v) is 5.31. The number of nitrogens with one attached hydrogen (secondary N) is 2. The van der Waals surface area contributed by atoms with E-state index < -0.39 is 16.1 Å². The molecule has 0 heterocycles. The van der Waals surface area contributed by atoms with Crippen LogP contribution >= 0.6 is 23.4 Å². The van der Waals surface area contributed by atoms with Crippen molar-refractivity contribution >= 4 is 39.3 Å². The number of carbonyl (C=O) groups excluding carboxylic acids is 1. The topological polar surface area (TPSA) is 75.3 Å². The van der Waals surface area contributed by atoms with Crippen LogP contribution in [0.2, 0.25) is 5.02 Å². The quantitative estimate of drug-likeness (QED) is 0.703. The Labute approximate surface area is 141 Å². The highest BCUT2D eigenvalue weighted by Crippen LogP contribution is 2.09. The summed E-state index contributed by atoms with van der Waals surface area (Å²) in [7, 11) is -3.42. The van der Waals surface area contributed by atoms with E-state index in [1.54, 1.807) is 30.8 Å². The van der Waals surface area contributed by atoms with E-state index in [2.05, 4.69) is 10.0 Å². The molecule has 5 nitrogen and oxygen atoms in total. The Balaban J connectivity index is 2.64. The van der Waals surface area contributed by atoms with E-state index >= 15 is 0 Å². The fourth-order valence-corrected chi connectivity index (χ4v) is 3.12. The highest BCUT2D eigenvalue weighted by atomic mass is 35.5. The summed E-state index contributed by atoms with van der Waals surface area (Å²) in [4.78, 5) is 12.2. The molecule has 22 heavy (non-hydrogen) atoms. The molecule has 1 aromatic carbocycles. The predicted octanol–water partition coefficient (Wildman–Crippen LogP) is 2.02. The summed E-state index contributed by atoms with van der Waals surface area (Å²) in [5.41, 5.74) is 0.903. The number of sulfonamides is 1. The number of hydrogen-bond acceptors (Lipinski definition) is 4. The van der Waals surface area contributed by atoms with E-state index in [9.17, 15) is 13.2 Å². The van der Waals surface area contributed by atoms with Crippen LogP contribution in [0, 0.1) is 0 Å². The molecule has 0 aliphatic carbocycles. The first kappa shape index (κ1) is 19.3. The summed E-state index contributed by atoms with van der Waals surface area (Å²) in [6, 6.07) is 6.37. The van der Waals surface area contributed by atoms with Gasteiger partial charge in [0.05, 0.1) is 5.75 Å². The Hall–Kier alpha value is -0.760. The van der Waals surface area contributed by atoms with Gasteiger partial charge >= 0.3 is 0 Å². The zero-order chi connectivity index (χ0) is 16.6. The molecule has 0 spiro atoms. The molecule has 0 bridgehead atoms. The lowest BCUT2D eigenvalue weighted by Crippen LogP contribution is -2.47. The van der Waals surface area contributed by atoms with Gasteiger partial charge in [-0.1, -0.05) is 23.7 Å². The molecule has 1 amide bonds. The highest BCUT2D eigenvalue weighted by Gasteiger charge is 2.22. The van der Waals surface area contributed by atoms with E-state index in [0.717, 1.165) is 5.56 Å². The molecule has 2 N–H and O–H groups in total. The lowest BCUT2D eigenvalue weighted by Gasteiger charge is -2.17. The number of benzene rings is 1. The third-order valence-electron chi connectivity index (χ3n) is 3.01. The van der Waals surface area contributed by atoms with Gasteiger partial charge in [0.1, 0.15) is 6.04 Å². The number of hydrogen-bond donors (Lipinski definition) is 2. The van der Waals surface area contributed by atoms with Gasteiger partial charge in [0.15, 0.2) is 0 Å². The summed E-state index contributed by atoms with van der Waals surface area (Å²) < 4.78 is 25.8. The average Bonchev–Trinajstić information content (AvgIpc) is 2.50. The van der Waals surface area contributed by atoms with E-state index in [1.807, 2.05) is 18.4 Å². The second kappa shape index (κ2) is 9.39. The fourth-order valence-electron chi connectivity index (χ4n) is 1.69. The largest absolute Gasteiger partial charge is 0.351 e. The van der Waals surface area contributed by atoms with Gasteiger partial charge in [0.25, 0.3) is 0 Å². The van der Waals surface area contributed by atoms with Crippen LogP contribution in [0.25, 0.3) is 0 Å². The van der Waals surface area contributed by atoms with Crippen molar-refractivity contribution in [3.63, 3.8) is 0 Å². The first-order valence-electron chi connectivity index (χ1n) is 6.89. The standard InChI is InChI=1S/C14H21ClN2O3S2/c1-3-22(19,20)17-13(8-9-21-2)14(18)16-10-11-4-6-12(15)7-5-11/h4-7,13,17H,3,8-10H2,1-2H3,(H,16,18). The summed E-state index contributed by atoms with van der Waals surface area (Å²) in [6.45, 7) is 1.87. The lowest BCUT2D eigenvalue weighted by atomic mass is 10.2. The van der Waals surface area contributed by atoms with Crippen molar-refractivity contribution in [2.45, 2.75) is 25.9 Å². The van der Waals surface area contributed by atoms with Crippen molar-refractivity contribution in [3.8, 4) is 0 Å². The minimum Gasteiger partial charge on any atom is -0.351 e. The summed E-state index contributed by atoms with van der Waals surface area (Å²) in [5.74, 6) is 0.333. The Bertz CT molecular complexity index is 576. The molecule has 1 aromatic rings. The minimum absolute atomic E-state index is 0.0484. The number of halogens is 1. The first-order chi connectivity index (χ1) is 10.4. The minimum atomic E-state index is -3.42. The molecule has 1 unspecified atom stereocenters. The van der Waals surface area contributed by atoms with Crippen LogP contribution in [0.5, 0.6) is 0 Å². The maximum atomic E-state index is 12.2. The van der Waals surface area contributed by atoms with E-state index in [-0.39, 0.29) is 11.7 Å². The molecule has 0 aromatic heterocycles. The Morgan fingerprint density at radius 1 is 1.32 bits per heavy atom. The normalized spacial score (nSPS) is 12.9. The average molecular weight is 365 g/mol. The van der Waals surface area contributed by atoms with Crippen LogP contribution in [-0.4, -0.2) is 38.1 Å². The predicted molar refractivity (Wildman–Crippen MR) is 92.7 cm³/mol. The van der Waals surface area contributed by atoms with Crippen LogP contribution in [0.15, 0.2) is 24.3 Å². The fraction of sp³-hybridized carbons (Fsp3) is 0.500. The van der Waals surface area contributed by atoms with E-state index in [1.165, 1.54) is 0 Å². The van der Waals surface area contributed by atoms with E-state index in [0.29, 0.717) is 23.7 Å². The Morgan fingerprint density at radius 3 is 2.50 bits per heavy atom. The number of carbonyl (C=O) groups is 1. The smallest absolute Gasteiger partial charge is 0.238 e. The van der Waals surface area contributed by atoms with Crippen molar-refractivity contribution in [2.24, 2.45) is 0 Å². The maximum Gasteiger partial charge on any atom is 0.238 e. The van der Waals surface area contributed by atoms with Gasteiger partial charge in [-0.25, -0.2) is 13.1 Å². The van der Waals surface area contributed by atoms with Gasteiger partial charge < -0.3 is 5.32 Å². The van der Waals surface area contributed by atoms with Crippen molar-refractivity contribution in [3.05, 3.63) is 34.9 Å². The molecule has 124 valence electrons. The molecule has 0 aliphatic heterocycles. The van der Waals surface area contributed by atoms with E-state index in [4.69, 9.17) is 11.6 Å². The molecule has 0 saturated carbocycles. The highest BCUT2D eigenvalue weighted by molar-refractivity contribution is 7.98. The second-order valence-electron chi connectivity index (χ2n) is 4.70. The molecular formula is C14H21ClN2O3S2. The summed E-state index contributed by atoms with van der Waals surface area (Å²) in [6.07, 6.45) is 2.36. The molecule has 0 aliphatic rings. The van der Waals surface area contributed by atoms with Crippen LogP contribution in [0.4, 0.5) is 0 Å². The van der Waals surface area contributed by atoms with Crippen molar-refractivity contribution in [1.82, 2.24) is 10.0 Å². The number of rotatable bonds is 9. The third kappa shape index (κ3) is 7.00. The van der Waals surface area contributed by atoms with Gasteiger partial charge in [-0.3, -0.25) is 4.79 Å². The van der Waals surface area contributed by atoms with Crippen LogP contribution in [-0.2, 0) is 21.4 Å². The molecule has 0 saturated heterocycles. The summed E-state index contributed by atoms with van der Waals surface area (Å²) >= 11 is 7.37. The SMILES string of the molecule is CCS(=O)(=O)NC(CCSC)C(=O)NCc1ccc(Cl)cc1. The Kier molecular flexibility index (Phi) is 8.24. The lowest BCUT2D eigenvalue weighted by molar-refractivity contribution is -0.122. The molecule has 0 radical (unpaired) electrons. The molecule has 8 heteroatoms. The Morgan fingerprint density at radius 2 is 1.95 bits per heavy atom. The van der Waals surface area contributed by atoms with Gasteiger partial charge in [-0.05, 0) is 43.0 Å².